The molecule has 0 spiro atoms. The number of aromatic amines is 1. The van der Waals surface area contributed by atoms with Crippen LogP contribution in [0.1, 0.15) is 5.56 Å². The summed E-state index contributed by atoms with van der Waals surface area (Å²) in [6, 6.07) is 17.2. The van der Waals surface area contributed by atoms with Crippen molar-refractivity contribution in [2.24, 2.45) is 0 Å². The molecule has 0 radical (unpaired) electrons. The molecule has 0 atom stereocenters. The number of aromatic nitrogens is 1. The van der Waals surface area contributed by atoms with E-state index in [4.69, 9.17) is 0 Å². The summed E-state index contributed by atoms with van der Waals surface area (Å²) in [6.45, 7) is 1.07. The maximum atomic E-state index is 3.37. The van der Waals surface area contributed by atoms with Gasteiger partial charge in [0.1, 0.15) is 0 Å². The van der Waals surface area contributed by atoms with E-state index in [-0.39, 0.29) is 0 Å². The van der Waals surface area contributed by atoms with E-state index in [1.165, 1.54) is 27.6 Å². The van der Waals surface area contributed by atoms with Crippen molar-refractivity contribution in [2.75, 3.05) is 20.6 Å². The van der Waals surface area contributed by atoms with Crippen LogP contribution in [0.3, 0.4) is 0 Å². The number of hydrogen-bond donors (Lipinski definition) is 1. The molecule has 102 valence electrons. The quantitative estimate of drug-likeness (QED) is 0.756. The lowest BCUT2D eigenvalue weighted by Crippen LogP contribution is -2.14. The zero-order valence-electron chi connectivity index (χ0n) is 12.1. The first-order chi connectivity index (χ1) is 9.74. The van der Waals surface area contributed by atoms with Crippen LogP contribution in [-0.4, -0.2) is 30.5 Å². The van der Waals surface area contributed by atoms with E-state index in [1.54, 1.807) is 0 Å². The van der Waals surface area contributed by atoms with Gasteiger partial charge >= 0.3 is 0 Å². The Hall–Kier alpha value is -2.06. The van der Waals surface area contributed by atoms with Gasteiger partial charge in [0.05, 0.1) is 0 Å². The summed E-state index contributed by atoms with van der Waals surface area (Å²) in [5.41, 5.74) is 5.17. The molecule has 2 aromatic carbocycles. The molecule has 3 aromatic rings. The van der Waals surface area contributed by atoms with Gasteiger partial charge in [0, 0.05) is 23.6 Å². The zero-order chi connectivity index (χ0) is 13.9. The van der Waals surface area contributed by atoms with E-state index in [2.05, 4.69) is 78.7 Å². The molecule has 0 aliphatic rings. The van der Waals surface area contributed by atoms with Gasteiger partial charge in [-0.3, -0.25) is 0 Å². The zero-order valence-corrected chi connectivity index (χ0v) is 12.1. The van der Waals surface area contributed by atoms with Gasteiger partial charge in [-0.05, 0) is 49.3 Å². The first-order valence-corrected chi connectivity index (χ1v) is 7.04. The van der Waals surface area contributed by atoms with E-state index < -0.39 is 0 Å². The molecule has 0 aliphatic heterocycles. The molecule has 0 amide bonds. The van der Waals surface area contributed by atoms with Crippen LogP contribution in [0.2, 0.25) is 0 Å². The molecule has 0 saturated heterocycles. The van der Waals surface area contributed by atoms with Crippen LogP contribution in [0, 0.1) is 0 Å². The Balaban J connectivity index is 1.99. The van der Waals surface area contributed by atoms with Gasteiger partial charge in [-0.2, -0.15) is 0 Å². The third-order valence-electron chi connectivity index (χ3n) is 3.70. The molecule has 20 heavy (non-hydrogen) atoms. The van der Waals surface area contributed by atoms with Crippen LogP contribution >= 0.6 is 0 Å². The molecule has 0 bridgehead atoms. The van der Waals surface area contributed by atoms with Crippen LogP contribution in [-0.2, 0) is 6.42 Å². The van der Waals surface area contributed by atoms with Gasteiger partial charge in [-0.1, -0.05) is 36.4 Å². The Bertz CT molecular complexity index is 696. The number of benzene rings is 2. The van der Waals surface area contributed by atoms with Crippen molar-refractivity contribution in [3.8, 4) is 11.1 Å². The maximum Gasteiger partial charge on any atom is 0.0457 e. The molecule has 1 N–H and O–H groups in total. The molecular weight excluding hydrogens is 244 g/mol. The molecule has 1 heterocycles. The first-order valence-electron chi connectivity index (χ1n) is 7.04. The van der Waals surface area contributed by atoms with Crippen molar-refractivity contribution in [3.63, 3.8) is 0 Å². The Morgan fingerprint density at radius 2 is 1.75 bits per heavy atom. The van der Waals surface area contributed by atoms with Gasteiger partial charge in [-0.15, -0.1) is 0 Å². The first kappa shape index (κ1) is 12.9. The molecule has 2 heteroatoms. The van der Waals surface area contributed by atoms with Crippen molar-refractivity contribution >= 4 is 10.9 Å². The summed E-state index contributed by atoms with van der Waals surface area (Å²) in [6.07, 6.45) is 3.22. The van der Waals surface area contributed by atoms with Crippen molar-refractivity contribution in [1.29, 1.82) is 0 Å². The normalized spacial score (nSPS) is 11.3. The average molecular weight is 264 g/mol. The highest BCUT2D eigenvalue weighted by atomic mass is 15.0. The summed E-state index contributed by atoms with van der Waals surface area (Å²) < 4.78 is 0. The second-order valence-electron chi connectivity index (χ2n) is 5.49. The number of likely N-dealkylation sites (N-methyl/N-ethyl adjacent to an activating group) is 1. The number of hydrogen-bond acceptors (Lipinski definition) is 1. The van der Waals surface area contributed by atoms with Crippen LogP contribution in [0.5, 0.6) is 0 Å². The van der Waals surface area contributed by atoms with E-state index in [9.17, 15) is 0 Å². The lowest BCUT2D eigenvalue weighted by molar-refractivity contribution is 0.414. The lowest BCUT2D eigenvalue weighted by Gasteiger charge is -2.08. The summed E-state index contributed by atoms with van der Waals surface area (Å²) in [7, 11) is 4.23. The maximum absolute atomic E-state index is 3.37. The fourth-order valence-corrected chi connectivity index (χ4v) is 2.54. The molecule has 0 unspecified atom stereocenters. The van der Waals surface area contributed by atoms with Gasteiger partial charge in [-0.25, -0.2) is 0 Å². The largest absolute Gasteiger partial charge is 0.361 e. The second-order valence-corrected chi connectivity index (χ2v) is 5.49. The smallest absolute Gasteiger partial charge is 0.0457 e. The fraction of sp³-hybridized carbons (Fsp3) is 0.222. The minimum atomic E-state index is 1.07. The van der Waals surface area contributed by atoms with Crippen LogP contribution in [0.25, 0.3) is 22.0 Å². The minimum Gasteiger partial charge on any atom is -0.361 e. The standard InChI is InChI=1S/C18H20N2/c1-20(2)11-10-16-13-19-18-9-8-15(12-17(16)18)14-6-4-3-5-7-14/h3-9,12-13,19H,10-11H2,1-2H3. The summed E-state index contributed by atoms with van der Waals surface area (Å²) in [4.78, 5) is 5.59. The molecule has 0 saturated carbocycles. The van der Waals surface area contributed by atoms with E-state index in [0.717, 1.165) is 13.0 Å². The fourth-order valence-electron chi connectivity index (χ4n) is 2.54. The van der Waals surface area contributed by atoms with Gasteiger partial charge in [0.15, 0.2) is 0 Å². The van der Waals surface area contributed by atoms with Crippen molar-refractivity contribution < 1.29 is 0 Å². The monoisotopic (exact) mass is 264 g/mol. The molecular formula is C18H20N2. The third-order valence-corrected chi connectivity index (χ3v) is 3.70. The van der Waals surface area contributed by atoms with E-state index in [0.29, 0.717) is 0 Å². The SMILES string of the molecule is CN(C)CCc1c[nH]c2ccc(-c3ccccc3)cc12. The summed E-state index contributed by atoms with van der Waals surface area (Å²) in [5, 5.41) is 1.34. The Kier molecular flexibility index (Phi) is 3.57. The molecule has 0 aliphatic carbocycles. The Labute approximate surface area is 120 Å². The number of rotatable bonds is 4. The van der Waals surface area contributed by atoms with Gasteiger partial charge < -0.3 is 9.88 Å². The number of nitrogens with zero attached hydrogens (tertiary/aromatic N) is 1. The highest BCUT2D eigenvalue weighted by molar-refractivity contribution is 5.88. The number of nitrogens with one attached hydrogen (secondary N) is 1. The molecule has 2 nitrogen and oxygen atoms in total. The number of H-pyrrole nitrogens is 1. The molecule has 3 rings (SSSR count). The number of fused-ring (bicyclic) bond motifs is 1. The Morgan fingerprint density at radius 3 is 2.50 bits per heavy atom. The van der Waals surface area contributed by atoms with Crippen molar-refractivity contribution in [2.45, 2.75) is 6.42 Å². The highest BCUT2D eigenvalue weighted by Crippen LogP contribution is 2.26. The van der Waals surface area contributed by atoms with Crippen LogP contribution in [0.4, 0.5) is 0 Å². The topological polar surface area (TPSA) is 19.0 Å². The van der Waals surface area contributed by atoms with Crippen molar-refractivity contribution in [1.82, 2.24) is 9.88 Å². The lowest BCUT2D eigenvalue weighted by atomic mass is 10.0. The van der Waals surface area contributed by atoms with E-state index in [1.807, 2.05) is 0 Å². The summed E-state index contributed by atoms with van der Waals surface area (Å²) >= 11 is 0. The van der Waals surface area contributed by atoms with Gasteiger partial charge in [0.25, 0.3) is 0 Å². The minimum absolute atomic E-state index is 1.07. The van der Waals surface area contributed by atoms with Gasteiger partial charge in [0.2, 0.25) is 0 Å². The Morgan fingerprint density at radius 1 is 0.950 bits per heavy atom. The average Bonchev–Trinajstić information content (AvgIpc) is 2.88. The third kappa shape index (κ3) is 2.61. The molecule has 0 fully saturated rings. The van der Waals surface area contributed by atoms with Crippen LogP contribution in [0.15, 0.2) is 54.7 Å². The van der Waals surface area contributed by atoms with E-state index >= 15 is 0 Å². The highest BCUT2D eigenvalue weighted by Gasteiger charge is 2.06. The predicted octanol–water partition coefficient (Wildman–Crippen LogP) is 3.94. The summed E-state index contributed by atoms with van der Waals surface area (Å²) in [5.74, 6) is 0. The van der Waals surface area contributed by atoms with Crippen molar-refractivity contribution in [3.05, 3.63) is 60.3 Å². The predicted molar refractivity (Wildman–Crippen MR) is 86.0 cm³/mol. The molecule has 1 aromatic heterocycles. The van der Waals surface area contributed by atoms with Crippen LogP contribution < -0.4 is 0 Å². The second kappa shape index (κ2) is 5.51.